The summed E-state index contributed by atoms with van der Waals surface area (Å²) in [7, 11) is 0. The van der Waals surface area contributed by atoms with Crippen LogP contribution in [0.1, 0.15) is 35.6 Å². The molecule has 1 fully saturated rings. The summed E-state index contributed by atoms with van der Waals surface area (Å²) in [4.78, 5) is 21.7. The van der Waals surface area contributed by atoms with E-state index < -0.39 is 5.97 Å². The van der Waals surface area contributed by atoms with Gasteiger partial charge in [0.15, 0.2) is 0 Å². The van der Waals surface area contributed by atoms with Crippen LogP contribution in [0.5, 0.6) is 0 Å². The number of aliphatic carboxylic acids is 1. The number of aromatic nitrogens is 2. The summed E-state index contributed by atoms with van der Waals surface area (Å²) in [5.74, 6) is 0.448. The highest BCUT2D eigenvalue weighted by molar-refractivity contribution is 6.31. The molecule has 0 unspecified atom stereocenters. The van der Waals surface area contributed by atoms with Crippen molar-refractivity contribution in [3.05, 3.63) is 46.1 Å². The number of aryl methyl sites for hydroxylation is 1. The zero-order chi connectivity index (χ0) is 18.0. The third-order valence-corrected chi connectivity index (χ3v) is 4.98. The summed E-state index contributed by atoms with van der Waals surface area (Å²) in [6, 6.07) is 7.89. The molecule has 0 bridgehead atoms. The van der Waals surface area contributed by atoms with Gasteiger partial charge in [0.2, 0.25) is 5.95 Å². The molecule has 1 saturated heterocycles. The SMILES string of the molecule is Cc1nc(N)nc(N2CC[C@@H](c3ccccc3Cl)C2)c1CCC(=O)O. The van der Waals surface area contributed by atoms with Crippen molar-refractivity contribution in [2.24, 2.45) is 0 Å². The monoisotopic (exact) mass is 360 g/mol. The number of carboxylic acids is 1. The van der Waals surface area contributed by atoms with E-state index in [4.69, 9.17) is 22.4 Å². The van der Waals surface area contributed by atoms with Gasteiger partial charge in [0.1, 0.15) is 5.82 Å². The highest BCUT2D eigenvalue weighted by atomic mass is 35.5. The molecule has 0 spiro atoms. The molecule has 1 aromatic carbocycles. The maximum Gasteiger partial charge on any atom is 0.303 e. The Morgan fingerprint density at radius 2 is 2.16 bits per heavy atom. The maximum atomic E-state index is 11.0. The normalized spacial score (nSPS) is 17.0. The Kier molecular flexibility index (Phi) is 5.08. The highest BCUT2D eigenvalue weighted by Gasteiger charge is 2.28. The van der Waals surface area contributed by atoms with E-state index in [2.05, 4.69) is 20.9 Å². The second kappa shape index (κ2) is 7.27. The van der Waals surface area contributed by atoms with Crippen LogP contribution in [-0.2, 0) is 11.2 Å². The van der Waals surface area contributed by atoms with Gasteiger partial charge in [0.05, 0.1) is 0 Å². The lowest BCUT2D eigenvalue weighted by molar-refractivity contribution is -0.136. The molecule has 1 atom stereocenters. The third kappa shape index (κ3) is 3.85. The first kappa shape index (κ1) is 17.5. The topological polar surface area (TPSA) is 92.3 Å². The quantitative estimate of drug-likeness (QED) is 0.851. The minimum Gasteiger partial charge on any atom is -0.481 e. The molecule has 3 rings (SSSR count). The summed E-state index contributed by atoms with van der Waals surface area (Å²) in [6.07, 6.45) is 1.40. The predicted molar refractivity (Wildman–Crippen MR) is 98.2 cm³/mol. The van der Waals surface area contributed by atoms with E-state index in [1.165, 1.54) is 0 Å². The Labute approximate surface area is 151 Å². The van der Waals surface area contributed by atoms with E-state index in [0.717, 1.165) is 47.2 Å². The number of nitrogen functional groups attached to an aromatic ring is 1. The van der Waals surface area contributed by atoms with Gasteiger partial charge < -0.3 is 15.7 Å². The van der Waals surface area contributed by atoms with Crippen molar-refractivity contribution >= 4 is 29.3 Å². The van der Waals surface area contributed by atoms with E-state index >= 15 is 0 Å². The van der Waals surface area contributed by atoms with Gasteiger partial charge in [-0.2, -0.15) is 4.98 Å². The first-order valence-electron chi connectivity index (χ1n) is 8.30. The molecule has 0 saturated carbocycles. The number of anilines is 2. The fourth-order valence-electron chi connectivity index (χ4n) is 3.40. The fourth-order valence-corrected chi connectivity index (χ4v) is 3.69. The number of carboxylic acid groups (broad SMARTS) is 1. The summed E-state index contributed by atoms with van der Waals surface area (Å²) >= 11 is 6.33. The van der Waals surface area contributed by atoms with Gasteiger partial charge in [-0.25, -0.2) is 4.98 Å². The lowest BCUT2D eigenvalue weighted by Gasteiger charge is -2.22. The maximum absolute atomic E-state index is 11.0. The van der Waals surface area contributed by atoms with Gasteiger partial charge in [-0.1, -0.05) is 29.8 Å². The van der Waals surface area contributed by atoms with E-state index in [1.807, 2.05) is 25.1 Å². The van der Waals surface area contributed by atoms with Crippen LogP contribution in [0.3, 0.4) is 0 Å². The minimum absolute atomic E-state index is 0.0445. The summed E-state index contributed by atoms with van der Waals surface area (Å²) in [5.41, 5.74) is 8.57. The summed E-state index contributed by atoms with van der Waals surface area (Å²) in [6.45, 7) is 3.45. The first-order valence-corrected chi connectivity index (χ1v) is 8.67. The van der Waals surface area contributed by atoms with Crippen molar-refractivity contribution in [3.63, 3.8) is 0 Å². The van der Waals surface area contributed by atoms with Crippen molar-refractivity contribution in [2.75, 3.05) is 23.7 Å². The van der Waals surface area contributed by atoms with Crippen molar-refractivity contribution in [2.45, 2.75) is 32.1 Å². The molecule has 1 aliphatic heterocycles. The predicted octanol–water partition coefficient (Wildman–Crippen LogP) is 3.03. The number of hydrogen-bond acceptors (Lipinski definition) is 5. The van der Waals surface area contributed by atoms with Gasteiger partial charge in [0, 0.05) is 41.7 Å². The Balaban J connectivity index is 1.87. The average Bonchev–Trinajstić information content (AvgIpc) is 3.03. The number of nitrogens with zero attached hydrogens (tertiary/aromatic N) is 3. The molecule has 7 heteroatoms. The second-order valence-electron chi connectivity index (χ2n) is 6.32. The van der Waals surface area contributed by atoms with Gasteiger partial charge in [-0.15, -0.1) is 0 Å². The van der Waals surface area contributed by atoms with Crippen LogP contribution in [0.25, 0.3) is 0 Å². The van der Waals surface area contributed by atoms with Gasteiger partial charge in [-0.05, 0) is 31.4 Å². The molecule has 2 aromatic rings. The molecular weight excluding hydrogens is 340 g/mol. The van der Waals surface area contributed by atoms with Crippen LogP contribution in [0.4, 0.5) is 11.8 Å². The van der Waals surface area contributed by atoms with Crippen LogP contribution < -0.4 is 10.6 Å². The van der Waals surface area contributed by atoms with Gasteiger partial charge in [0.25, 0.3) is 0 Å². The smallest absolute Gasteiger partial charge is 0.303 e. The number of benzene rings is 1. The Bertz CT molecular complexity index is 797. The third-order valence-electron chi connectivity index (χ3n) is 4.63. The lowest BCUT2D eigenvalue weighted by Crippen LogP contribution is -2.24. The molecule has 0 amide bonds. The highest BCUT2D eigenvalue weighted by Crippen LogP contribution is 2.35. The Hall–Kier alpha value is -2.34. The molecule has 6 nitrogen and oxygen atoms in total. The van der Waals surface area contributed by atoms with Crippen LogP contribution in [0.15, 0.2) is 24.3 Å². The molecule has 2 heterocycles. The number of hydrogen-bond donors (Lipinski definition) is 2. The van der Waals surface area contributed by atoms with Crippen molar-refractivity contribution in [1.82, 2.24) is 9.97 Å². The standard InChI is InChI=1S/C18H21ClN4O2/c1-11-13(6-7-16(24)25)17(22-18(20)21-11)23-9-8-12(10-23)14-4-2-3-5-15(14)19/h2-5,12H,6-10H2,1H3,(H,24,25)(H2,20,21,22)/t12-/m1/s1. The van der Waals surface area contributed by atoms with E-state index in [0.29, 0.717) is 12.3 Å². The number of rotatable bonds is 5. The Morgan fingerprint density at radius 1 is 1.40 bits per heavy atom. The molecule has 132 valence electrons. The van der Waals surface area contributed by atoms with E-state index in [-0.39, 0.29) is 12.4 Å². The van der Waals surface area contributed by atoms with E-state index in [9.17, 15) is 4.79 Å². The number of carbonyl (C=O) groups is 1. The first-order chi connectivity index (χ1) is 12.0. The number of nitrogens with two attached hydrogens (primary N) is 1. The second-order valence-corrected chi connectivity index (χ2v) is 6.72. The molecular formula is C18H21ClN4O2. The molecule has 0 aliphatic carbocycles. The summed E-state index contributed by atoms with van der Waals surface area (Å²) < 4.78 is 0. The zero-order valence-corrected chi connectivity index (χ0v) is 14.8. The Morgan fingerprint density at radius 3 is 2.88 bits per heavy atom. The van der Waals surface area contributed by atoms with Crippen molar-refractivity contribution < 1.29 is 9.90 Å². The van der Waals surface area contributed by atoms with Crippen LogP contribution in [0, 0.1) is 6.92 Å². The van der Waals surface area contributed by atoms with Gasteiger partial charge >= 0.3 is 5.97 Å². The zero-order valence-electron chi connectivity index (χ0n) is 14.1. The lowest BCUT2D eigenvalue weighted by atomic mass is 9.98. The van der Waals surface area contributed by atoms with Crippen LogP contribution in [-0.4, -0.2) is 34.1 Å². The molecule has 1 aliphatic rings. The summed E-state index contributed by atoms with van der Waals surface area (Å²) in [5, 5.41) is 9.78. The largest absolute Gasteiger partial charge is 0.481 e. The van der Waals surface area contributed by atoms with E-state index in [1.54, 1.807) is 0 Å². The molecule has 0 radical (unpaired) electrons. The molecule has 1 aromatic heterocycles. The fraction of sp³-hybridized carbons (Fsp3) is 0.389. The average molecular weight is 361 g/mol. The van der Waals surface area contributed by atoms with Crippen LogP contribution >= 0.6 is 11.6 Å². The van der Waals surface area contributed by atoms with Crippen molar-refractivity contribution in [3.8, 4) is 0 Å². The van der Waals surface area contributed by atoms with Crippen molar-refractivity contribution in [1.29, 1.82) is 0 Å². The minimum atomic E-state index is -0.836. The molecule has 3 N–H and O–H groups in total. The number of halogens is 1. The molecule has 25 heavy (non-hydrogen) atoms. The van der Waals surface area contributed by atoms with Crippen LogP contribution in [0.2, 0.25) is 5.02 Å². The van der Waals surface area contributed by atoms with Gasteiger partial charge in [-0.3, -0.25) is 4.79 Å².